The zero-order valence-electron chi connectivity index (χ0n) is 20.6. The van der Waals surface area contributed by atoms with E-state index in [4.69, 9.17) is 4.99 Å². The monoisotopic (exact) mass is 486 g/mol. The summed E-state index contributed by atoms with van der Waals surface area (Å²) in [4.78, 5) is 22.1. The summed E-state index contributed by atoms with van der Waals surface area (Å²) in [5.74, 6) is -0.0338. The van der Waals surface area contributed by atoms with Gasteiger partial charge >= 0.3 is 12.2 Å². The van der Waals surface area contributed by atoms with Crippen LogP contribution in [0.3, 0.4) is 0 Å². The van der Waals surface area contributed by atoms with Crippen LogP contribution in [0.25, 0.3) is 0 Å². The van der Waals surface area contributed by atoms with Gasteiger partial charge in [-0.25, -0.2) is 4.79 Å². The first kappa shape index (κ1) is 25.3. The molecule has 0 saturated carbocycles. The quantitative estimate of drug-likeness (QED) is 0.497. The molecule has 188 valence electrons. The van der Waals surface area contributed by atoms with E-state index in [1.165, 1.54) is 0 Å². The van der Waals surface area contributed by atoms with Crippen molar-refractivity contribution >= 4 is 11.7 Å². The summed E-state index contributed by atoms with van der Waals surface area (Å²) in [5, 5.41) is 9.18. The van der Waals surface area contributed by atoms with E-state index in [2.05, 4.69) is 32.9 Å². The van der Waals surface area contributed by atoms with Gasteiger partial charge in [-0.15, -0.1) is 0 Å². The summed E-state index contributed by atoms with van der Waals surface area (Å²) in [6.07, 6.45) is 0.609. The van der Waals surface area contributed by atoms with Crippen LogP contribution in [0, 0.1) is 28.6 Å². The fourth-order valence-electron chi connectivity index (χ4n) is 5.26. The highest BCUT2D eigenvalue weighted by Gasteiger charge is 2.37. The molecule has 1 aromatic carbocycles. The molecule has 3 aliphatic heterocycles. The Morgan fingerprint density at radius 1 is 1.03 bits per heavy atom. The SMILES string of the molecule is CC(C)(C)C1=CCC(C2CC(c3ccc(C(F)(F)F)cc3)CN(C(=O)N3CCC(C#N)CC3)C2)=N1. The van der Waals surface area contributed by atoms with Gasteiger partial charge in [-0.05, 0) is 37.0 Å². The van der Waals surface area contributed by atoms with Gasteiger partial charge in [0.15, 0.2) is 0 Å². The number of nitrogens with zero attached hydrogens (tertiary/aromatic N) is 4. The number of alkyl halides is 3. The van der Waals surface area contributed by atoms with Gasteiger partial charge in [-0.2, -0.15) is 18.4 Å². The number of carbonyl (C=O) groups is 1. The molecule has 0 radical (unpaired) electrons. The van der Waals surface area contributed by atoms with Crippen LogP contribution in [0.15, 0.2) is 41.0 Å². The third-order valence-corrected chi connectivity index (χ3v) is 7.39. The van der Waals surface area contributed by atoms with Crippen molar-refractivity contribution in [2.75, 3.05) is 26.2 Å². The van der Waals surface area contributed by atoms with Gasteiger partial charge in [-0.1, -0.05) is 39.0 Å². The molecule has 3 heterocycles. The van der Waals surface area contributed by atoms with Gasteiger partial charge in [0, 0.05) is 67.2 Å². The van der Waals surface area contributed by atoms with Crippen molar-refractivity contribution in [1.29, 1.82) is 5.26 Å². The first-order valence-corrected chi connectivity index (χ1v) is 12.3. The molecule has 2 atom stereocenters. The number of rotatable bonds is 2. The van der Waals surface area contributed by atoms with E-state index in [9.17, 15) is 23.2 Å². The van der Waals surface area contributed by atoms with Crippen LogP contribution in [-0.4, -0.2) is 47.7 Å². The van der Waals surface area contributed by atoms with Crippen molar-refractivity contribution in [2.45, 2.75) is 58.5 Å². The number of carbonyl (C=O) groups excluding carboxylic acids is 1. The summed E-state index contributed by atoms with van der Waals surface area (Å²) in [7, 11) is 0. The van der Waals surface area contributed by atoms with E-state index in [1.807, 2.05) is 9.80 Å². The summed E-state index contributed by atoms with van der Waals surface area (Å²) in [6, 6.07) is 7.60. The molecule has 0 aromatic heterocycles. The lowest BCUT2D eigenvalue weighted by Gasteiger charge is -2.41. The van der Waals surface area contributed by atoms with Crippen molar-refractivity contribution in [3.8, 4) is 6.07 Å². The minimum atomic E-state index is -4.38. The van der Waals surface area contributed by atoms with Crippen molar-refractivity contribution in [1.82, 2.24) is 9.80 Å². The molecule has 2 fully saturated rings. The average Bonchev–Trinajstić information content (AvgIpc) is 3.34. The van der Waals surface area contributed by atoms with Gasteiger partial charge in [-0.3, -0.25) is 4.99 Å². The van der Waals surface area contributed by atoms with Gasteiger partial charge in [0.05, 0.1) is 11.6 Å². The molecule has 5 nitrogen and oxygen atoms in total. The van der Waals surface area contributed by atoms with Crippen LogP contribution < -0.4 is 0 Å². The Hall–Kier alpha value is -2.82. The van der Waals surface area contributed by atoms with Crippen LogP contribution in [0.1, 0.15) is 63.5 Å². The number of nitriles is 1. The van der Waals surface area contributed by atoms with Crippen molar-refractivity contribution < 1.29 is 18.0 Å². The largest absolute Gasteiger partial charge is 0.416 e. The second kappa shape index (κ2) is 9.67. The maximum Gasteiger partial charge on any atom is 0.416 e. The van der Waals surface area contributed by atoms with Crippen LogP contribution >= 0.6 is 0 Å². The first-order valence-electron chi connectivity index (χ1n) is 12.3. The van der Waals surface area contributed by atoms with E-state index in [0.29, 0.717) is 39.0 Å². The van der Waals surface area contributed by atoms with Crippen LogP contribution in [0.2, 0.25) is 0 Å². The number of urea groups is 1. The molecule has 2 saturated heterocycles. The highest BCUT2D eigenvalue weighted by molar-refractivity contribution is 5.92. The first-order chi connectivity index (χ1) is 16.5. The van der Waals surface area contributed by atoms with E-state index in [-0.39, 0.29) is 29.2 Å². The van der Waals surface area contributed by atoms with E-state index in [1.54, 1.807) is 12.1 Å². The highest BCUT2D eigenvalue weighted by atomic mass is 19.4. The Kier molecular flexibility index (Phi) is 6.99. The van der Waals surface area contributed by atoms with Gasteiger partial charge in [0.25, 0.3) is 0 Å². The standard InChI is InChI=1S/C27H33F3N4O/c1-26(2,3)24-9-8-23(32-24)21-14-20(19-4-6-22(7-5-19)27(28,29)30)16-34(17-21)25(35)33-12-10-18(15-31)11-13-33/h4-7,9,18,20-21H,8,10-14,16-17H2,1-3H3. The molecular weight excluding hydrogens is 453 g/mol. The number of hydrogen-bond donors (Lipinski definition) is 0. The van der Waals surface area contributed by atoms with Crippen molar-refractivity contribution in [3.63, 3.8) is 0 Å². The zero-order valence-corrected chi connectivity index (χ0v) is 20.6. The number of halogens is 3. The molecular formula is C27H33F3N4O. The van der Waals surface area contributed by atoms with Gasteiger partial charge in [0.2, 0.25) is 0 Å². The average molecular weight is 487 g/mol. The van der Waals surface area contributed by atoms with E-state index >= 15 is 0 Å². The molecule has 3 aliphatic rings. The summed E-state index contributed by atoms with van der Waals surface area (Å²) in [6.45, 7) is 8.50. The normalized spacial score (nSPS) is 24.1. The maximum atomic E-state index is 13.5. The summed E-state index contributed by atoms with van der Waals surface area (Å²) < 4.78 is 39.3. The fraction of sp³-hybridized carbons (Fsp3) is 0.593. The second-order valence-corrected chi connectivity index (χ2v) is 11.0. The maximum absolute atomic E-state index is 13.5. The molecule has 8 heteroatoms. The minimum absolute atomic E-state index is 0.0113. The molecule has 4 rings (SSSR count). The predicted octanol–water partition coefficient (Wildman–Crippen LogP) is 6.24. The van der Waals surface area contributed by atoms with Gasteiger partial charge in [0.1, 0.15) is 0 Å². The molecule has 0 aliphatic carbocycles. The number of allylic oxidation sites excluding steroid dienone is 2. The minimum Gasteiger partial charge on any atom is -0.325 e. The van der Waals surface area contributed by atoms with Crippen molar-refractivity contribution in [3.05, 3.63) is 47.2 Å². The molecule has 2 amide bonds. The van der Waals surface area contributed by atoms with Crippen LogP contribution in [0.5, 0.6) is 0 Å². The Labute approximate surface area is 205 Å². The lowest BCUT2D eigenvalue weighted by molar-refractivity contribution is -0.137. The Morgan fingerprint density at radius 3 is 2.20 bits per heavy atom. The summed E-state index contributed by atoms with van der Waals surface area (Å²) in [5.41, 5.74) is 2.17. The number of aliphatic imine (C=N–C) groups is 1. The highest BCUT2D eigenvalue weighted by Crippen LogP contribution is 2.38. The topological polar surface area (TPSA) is 59.7 Å². The predicted molar refractivity (Wildman–Crippen MR) is 129 cm³/mol. The summed E-state index contributed by atoms with van der Waals surface area (Å²) >= 11 is 0. The van der Waals surface area contributed by atoms with Gasteiger partial charge < -0.3 is 9.80 Å². The van der Waals surface area contributed by atoms with E-state index < -0.39 is 11.7 Å². The molecule has 0 bridgehead atoms. The number of likely N-dealkylation sites (tertiary alicyclic amines) is 2. The molecule has 0 spiro atoms. The fourth-order valence-corrected chi connectivity index (χ4v) is 5.26. The smallest absolute Gasteiger partial charge is 0.325 e. The number of amides is 2. The Morgan fingerprint density at radius 2 is 1.66 bits per heavy atom. The Balaban J connectivity index is 1.56. The van der Waals surface area contributed by atoms with Crippen molar-refractivity contribution in [2.24, 2.45) is 22.2 Å². The number of piperidine rings is 2. The molecule has 1 aromatic rings. The number of benzene rings is 1. The van der Waals surface area contributed by atoms with Crippen LogP contribution in [0.4, 0.5) is 18.0 Å². The third kappa shape index (κ3) is 5.71. The van der Waals surface area contributed by atoms with E-state index in [0.717, 1.165) is 41.9 Å². The molecule has 35 heavy (non-hydrogen) atoms. The second-order valence-electron chi connectivity index (χ2n) is 11.0. The third-order valence-electron chi connectivity index (χ3n) is 7.39. The Bertz CT molecular complexity index is 1040. The number of hydrogen-bond acceptors (Lipinski definition) is 3. The zero-order chi connectivity index (χ0) is 25.4. The molecule has 2 unspecified atom stereocenters. The molecule has 0 N–H and O–H groups in total. The lowest BCUT2D eigenvalue weighted by atomic mass is 9.81. The van der Waals surface area contributed by atoms with Crippen LogP contribution in [-0.2, 0) is 6.18 Å². The lowest BCUT2D eigenvalue weighted by Crippen LogP contribution is -2.52.